The van der Waals surface area contributed by atoms with Gasteiger partial charge in [-0.1, -0.05) is 25.0 Å². The molecule has 5 rings (SSSR count). The van der Waals surface area contributed by atoms with Gasteiger partial charge < -0.3 is 24.8 Å². The van der Waals surface area contributed by atoms with Gasteiger partial charge in [-0.25, -0.2) is 0 Å². The minimum Gasteiger partial charge on any atom is -0.497 e. The molecule has 4 fully saturated rings. The van der Waals surface area contributed by atoms with Gasteiger partial charge in [0.25, 0.3) is 0 Å². The third-order valence-corrected chi connectivity index (χ3v) is 8.25. The molecule has 184 valence electrons. The van der Waals surface area contributed by atoms with E-state index in [1.165, 1.54) is 37.7 Å². The number of nitrogens with one attached hydrogen (secondary N) is 2. The molecule has 4 aliphatic rings. The number of morpholine rings is 1. The van der Waals surface area contributed by atoms with E-state index in [0.29, 0.717) is 23.5 Å². The van der Waals surface area contributed by atoms with Gasteiger partial charge in [-0.2, -0.15) is 0 Å². The molecule has 2 aliphatic heterocycles. The highest BCUT2D eigenvalue weighted by molar-refractivity contribution is 14.0. The lowest BCUT2D eigenvalue weighted by molar-refractivity contribution is -0.125. The van der Waals surface area contributed by atoms with Crippen molar-refractivity contribution in [2.45, 2.75) is 50.3 Å². The smallest absolute Gasteiger partial charge is 0.191 e. The maximum Gasteiger partial charge on any atom is 0.191 e. The number of ether oxygens (including phenoxy) is 3. The Hall–Kier alpha value is -1.10. The van der Waals surface area contributed by atoms with Crippen molar-refractivity contribution in [3.05, 3.63) is 29.8 Å². The number of hydrogen-bond donors (Lipinski definition) is 2. The molecular weight excluding hydrogens is 531 g/mol. The second-order valence-electron chi connectivity index (χ2n) is 9.70. The number of halogens is 1. The fourth-order valence-electron chi connectivity index (χ4n) is 6.61. The second kappa shape index (κ2) is 11.1. The zero-order chi connectivity index (χ0) is 22.0. The molecule has 0 radical (unpaired) electrons. The number of benzene rings is 1. The van der Waals surface area contributed by atoms with Gasteiger partial charge >= 0.3 is 0 Å². The van der Waals surface area contributed by atoms with Gasteiger partial charge in [0.15, 0.2) is 5.96 Å². The first kappa shape index (κ1) is 25.0. The van der Waals surface area contributed by atoms with Gasteiger partial charge in [0.1, 0.15) is 5.75 Å². The van der Waals surface area contributed by atoms with Gasteiger partial charge in [-0.3, -0.25) is 9.89 Å². The molecule has 2 N–H and O–H groups in total. The van der Waals surface area contributed by atoms with Crippen molar-refractivity contribution in [3.8, 4) is 5.75 Å². The summed E-state index contributed by atoms with van der Waals surface area (Å²) in [4.78, 5) is 7.12. The van der Waals surface area contributed by atoms with E-state index in [0.717, 1.165) is 51.2 Å². The molecule has 7 nitrogen and oxygen atoms in total. The first-order valence-electron chi connectivity index (χ1n) is 12.3. The first-order valence-corrected chi connectivity index (χ1v) is 12.3. The molecule has 1 spiro atoms. The summed E-state index contributed by atoms with van der Waals surface area (Å²) in [6, 6.07) is 9.19. The maximum atomic E-state index is 6.16. The molecule has 4 unspecified atom stereocenters. The molecule has 1 aromatic carbocycles. The van der Waals surface area contributed by atoms with Gasteiger partial charge in [0.05, 0.1) is 32.5 Å². The SMILES string of the molecule is CN=C(NCC(c1ccc(OC)cc1)N1CCOCC1)NC1C2CCOC2C12CCCC2.I. The van der Waals surface area contributed by atoms with Crippen molar-refractivity contribution < 1.29 is 14.2 Å². The van der Waals surface area contributed by atoms with E-state index in [1.807, 2.05) is 19.2 Å². The highest BCUT2D eigenvalue weighted by atomic mass is 127. The lowest BCUT2D eigenvalue weighted by Gasteiger charge is -2.57. The molecule has 0 aromatic heterocycles. The molecule has 2 heterocycles. The summed E-state index contributed by atoms with van der Waals surface area (Å²) in [5.74, 6) is 2.43. The van der Waals surface area contributed by atoms with Crippen LogP contribution in [0.5, 0.6) is 5.75 Å². The van der Waals surface area contributed by atoms with Crippen LogP contribution in [0.25, 0.3) is 0 Å². The molecule has 0 amide bonds. The highest BCUT2D eigenvalue weighted by Crippen LogP contribution is 2.60. The molecule has 2 saturated heterocycles. The summed E-state index contributed by atoms with van der Waals surface area (Å²) in [6.45, 7) is 5.17. The summed E-state index contributed by atoms with van der Waals surface area (Å²) >= 11 is 0. The van der Waals surface area contributed by atoms with Crippen LogP contribution in [0.15, 0.2) is 29.3 Å². The summed E-state index contributed by atoms with van der Waals surface area (Å²) < 4.78 is 17.1. The number of fused-ring (bicyclic) bond motifs is 2. The summed E-state index contributed by atoms with van der Waals surface area (Å²) in [7, 11) is 3.60. The first-order chi connectivity index (χ1) is 15.7. The van der Waals surface area contributed by atoms with Crippen LogP contribution in [-0.4, -0.2) is 76.6 Å². The molecule has 8 heteroatoms. The number of hydrogen-bond acceptors (Lipinski definition) is 5. The van der Waals surface area contributed by atoms with Gasteiger partial charge in [-0.05, 0) is 37.0 Å². The molecule has 1 aromatic rings. The lowest BCUT2D eigenvalue weighted by Crippen LogP contribution is -2.69. The van der Waals surface area contributed by atoms with E-state index < -0.39 is 0 Å². The van der Waals surface area contributed by atoms with E-state index in [2.05, 4.69) is 32.7 Å². The molecular formula is C25H39IN4O3. The van der Waals surface area contributed by atoms with Crippen LogP contribution in [0.3, 0.4) is 0 Å². The third kappa shape index (κ3) is 4.86. The van der Waals surface area contributed by atoms with Crippen LogP contribution in [-0.2, 0) is 9.47 Å². The van der Waals surface area contributed by atoms with Crippen LogP contribution >= 0.6 is 24.0 Å². The molecule has 33 heavy (non-hydrogen) atoms. The Kier molecular flexibility index (Phi) is 8.41. The van der Waals surface area contributed by atoms with Crippen LogP contribution in [0.4, 0.5) is 0 Å². The minimum atomic E-state index is 0. The summed E-state index contributed by atoms with van der Waals surface area (Å²) in [5, 5.41) is 7.49. The van der Waals surface area contributed by atoms with E-state index in [-0.39, 0.29) is 30.0 Å². The largest absolute Gasteiger partial charge is 0.497 e. The predicted octanol–water partition coefficient (Wildman–Crippen LogP) is 3.20. The Labute approximate surface area is 215 Å². The fourth-order valence-corrected chi connectivity index (χ4v) is 6.61. The van der Waals surface area contributed by atoms with Crippen molar-refractivity contribution in [2.24, 2.45) is 16.3 Å². The van der Waals surface area contributed by atoms with Crippen LogP contribution < -0.4 is 15.4 Å². The monoisotopic (exact) mass is 570 g/mol. The van der Waals surface area contributed by atoms with Gasteiger partial charge in [0.2, 0.25) is 0 Å². The number of rotatable bonds is 6. The Morgan fingerprint density at radius 1 is 1.18 bits per heavy atom. The van der Waals surface area contributed by atoms with Crippen molar-refractivity contribution >= 4 is 29.9 Å². The Bertz CT molecular complexity index is 793. The van der Waals surface area contributed by atoms with Crippen LogP contribution in [0.1, 0.15) is 43.7 Å². The van der Waals surface area contributed by atoms with E-state index in [4.69, 9.17) is 14.2 Å². The normalized spacial score (nSPS) is 29.6. The predicted molar refractivity (Wildman–Crippen MR) is 141 cm³/mol. The zero-order valence-corrected chi connectivity index (χ0v) is 22.3. The van der Waals surface area contributed by atoms with E-state index in [9.17, 15) is 0 Å². The van der Waals surface area contributed by atoms with Crippen molar-refractivity contribution in [1.29, 1.82) is 0 Å². The quantitative estimate of drug-likeness (QED) is 0.311. The van der Waals surface area contributed by atoms with Gasteiger partial charge in [-0.15, -0.1) is 24.0 Å². The topological polar surface area (TPSA) is 67.4 Å². The van der Waals surface area contributed by atoms with Crippen molar-refractivity contribution in [2.75, 3.05) is 53.6 Å². The Morgan fingerprint density at radius 2 is 1.91 bits per heavy atom. The van der Waals surface area contributed by atoms with E-state index >= 15 is 0 Å². The average Bonchev–Trinajstić information content (AvgIpc) is 3.52. The Balaban J connectivity index is 0.00000259. The number of nitrogens with zero attached hydrogens (tertiary/aromatic N) is 2. The Morgan fingerprint density at radius 3 is 2.58 bits per heavy atom. The molecule has 0 bridgehead atoms. The van der Waals surface area contributed by atoms with Crippen molar-refractivity contribution in [3.63, 3.8) is 0 Å². The maximum absolute atomic E-state index is 6.16. The molecule has 2 saturated carbocycles. The zero-order valence-electron chi connectivity index (χ0n) is 19.9. The fraction of sp³-hybridized carbons (Fsp3) is 0.720. The summed E-state index contributed by atoms with van der Waals surface area (Å²) in [5.41, 5.74) is 1.61. The molecule has 4 atom stereocenters. The standard InChI is InChI=1S/C25H38N4O3.HI/c1-26-24(28-22-20-9-14-32-23(20)25(22)10-3-4-11-25)27-17-21(29-12-15-31-16-13-29)18-5-7-19(30-2)8-6-18;/h5-8,20-23H,3-4,9-17H2,1-2H3,(H2,26,27,28);1H. The van der Waals surface area contributed by atoms with Crippen LogP contribution in [0, 0.1) is 11.3 Å². The summed E-state index contributed by atoms with van der Waals surface area (Å²) in [6.07, 6.45) is 6.85. The van der Waals surface area contributed by atoms with Crippen molar-refractivity contribution in [1.82, 2.24) is 15.5 Å². The minimum absolute atomic E-state index is 0. The van der Waals surface area contributed by atoms with E-state index in [1.54, 1.807) is 7.11 Å². The van der Waals surface area contributed by atoms with Crippen LogP contribution in [0.2, 0.25) is 0 Å². The van der Waals surface area contributed by atoms with Gasteiger partial charge in [0, 0.05) is 50.7 Å². The highest BCUT2D eigenvalue weighted by Gasteiger charge is 2.65. The number of guanidine groups is 1. The second-order valence-corrected chi connectivity index (χ2v) is 9.70. The third-order valence-electron chi connectivity index (χ3n) is 8.25. The average molecular weight is 571 g/mol. The molecule has 2 aliphatic carbocycles. The number of methoxy groups -OCH3 is 1. The number of aliphatic imine (C=N–C) groups is 1. The lowest BCUT2D eigenvalue weighted by atomic mass is 9.54.